The average Bonchev–Trinajstić information content (AvgIpc) is 2.25. The molecule has 132 valence electrons. The number of carbonyl (C=O) groups is 1. The van der Waals surface area contributed by atoms with E-state index in [0.29, 0.717) is 4.72 Å². The number of carboxylic acid groups (broad SMARTS) is 1. The summed E-state index contributed by atoms with van der Waals surface area (Å²) in [6, 6.07) is 0. The van der Waals surface area contributed by atoms with E-state index in [1.165, 1.54) is 0 Å². The van der Waals surface area contributed by atoms with Crippen LogP contribution in [0.15, 0.2) is 0 Å². The third-order valence-electron chi connectivity index (χ3n) is 2.08. The zero-order valence-corrected chi connectivity index (χ0v) is 10.7. The van der Waals surface area contributed by atoms with Crippen LogP contribution in [0.4, 0.5) is 39.5 Å². The highest BCUT2D eigenvalue weighted by Crippen LogP contribution is 2.54. The lowest BCUT2D eigenvalue weighted by atomic mass is 10.1. The summed E-state index contributed by atoms with van der Waals surface area (Å²) in [4.78, 5) is 9.98. The molecule has 0 heterocycles. The maximum absolute atomic E-state index is 13.0. The Morgan fingerprint density at radius 3 is 1.64 bits per heavy atom. The van der Waals surface area contributed by atoms with Gasteiger partial charge in [-0.1, -0.05) is 0 Å². The fourth-order valence-electron chi connectivity index (χ4n) is 0.912. The Hall–Kier alpha value is -1.25. The summed E-state index contributed by atoms with van der Waals surface area (Å²) >= 11 is 0. The van der Waals surface area contributed by atoms with Crippen LogP contribution in [0.2, 0.25) is 0 Å². The van der Waals surface area contributed by atoms with Gasteiger partial charge in [-0.05, 0) is 0 Å². The number of hydrogen-bond acceptors (Lipinski definition) is 3. The highest BCUT2D eigenvalue weighted by molar-refractivity contribution is 7.90. The van der Waals surface area contributed by atoms with E-state index >= 15 is 0 Å². The molecule has 0 saturated heterocycles. The second-order valence-electron chi connectivity index (χ2n) is 3.70. The Kier molecular flexibility index (Phi) is 5.42. The zero-order chi connectivity index (χ0) is 18.2. The minimum Gasteiger partial charge on any atom is -0.481 e. The number of nitrogens with one attached hydrogen (secondary N) is 1. The molecule has 0 atom stereocenters. The first-order chi connectivity index (χ1) is 9.42. The third kappa shape index (κ3) is 3.39. The third-order valence-corrected chi connectivity index (χ3v) is 3.60. The van der Waals surface area contributed by atoms with E-state index in [9.17, 15) is 52.7 Å². The first-order valence-corrected chi connectivity index (χ1v) is 6.31. The van der Waals surface area contributed by atoms with Gasteiger partial charge in [0.2, 0.25) is 0 Å². The molecule has 0 rings (SSSR count). The fourth-order valence-corrected chi connectivity index (χ4v) is 1.93. The smallest absolute Gasteiger partial charge is 0.460 e. The molecule has 0 spiro atoms. The molecular weight excluding hydrogens is 365 g/mol. The molecule has 0 aliphatic heterocycles. The van der Waals surface area contributed by atoms with Crippen molar-refractivity contribution in [2.24, 2.45) is 0 Å². The summed E-state index contributed by atoms with van der Waals surface area (Å²) in [6.45, 7) is -1.43. The summed E-state index contributed by atoms with van der Waals surface area (Å²) in [5, 5.41) is 1.21. The highest BCUT2D eigenvalue weighted by Gasteiger charge is 2.85. The predicted molar refractivity (Wildman–Crippen MR) is 50.1 cm³/mol. The van der Waals surface area contributed by atoms with Gasteiger partial charge in [0.1, 0.15) is 0 Å². The lowest BCUT2D eigenvalue weighted by molar-refractivity contribution is -0.382. The molecule has 0 aromatic rings. The number of aliphatic carboxylic acids is 1. The van der Waals surface area contributed by atoms with E-state index in [2.05, 4.69) is 0 Å². The van der Waals surface area contributed by atoms with Crippen molar-refractivity contribution in [3.8, 4) is 0 Å². The quantitative estimate of drug-likeness (QED) is 0.669. The summed E-state index contributed by atoms with van der Waals surface area (Å²) < 4.78 is 134. The molecule has 0 unspecified atom stereocenters. The number of carboxylic acids is 1. The number of alkyl halides is 9. The normalized spacial score (nSPS) is 15.0. The van der Waals surface area contributed by atoms with Gasteiger partial charge in [-0.25, -0.2) is 13.1 Å². The van der Waals surface area contributed by atoms with Crippen LogP contribution in [0.1, 0.15) is 6.42 Å². The zero-order valence-electron chi connectivity index (χ0n) is 9.90. The monoisotopic (exact) mass is 371 g/mol. The second kappa shape index (κ2) is 5.75. The standard InChI is InChI=1S/C7H6F9NO4S/c8-4(9,6(12,13)14)5(10,11)7(15,16)22(20,21)17-2-1-3(18)19/h17H,1-2H2,(H,18,19). The Morgan fingerprint density at radius 2 is 1.32 bits per heavy atom. The topological polar surface area (TPSA) is 83.5 Å². The van der Waals surface area contributed by atoms with Crippen molar-refractivity contribution in [2.75, 3.05) is 6.54 Å². The lowest BCUT2D eigenvalue weighted by Gasteiger charge is -2.32. The summed E-state index contributed by atoms with van der Waals surface area (Å²) in [7, 11) is -6.73. The van der Waals surface area contributed by atoms with Gasteiger partial charge in [0.15, 0.2) is 0 Å². The van der Waals surface area contributed by atoms with Gasteiger partial charge in [-0.2, -0.15) is 39.5 Å². The van der Waals surface area contributed by atoms with Crippen molar-refractivity contribution < 1.29 is 57.8 Å². The number of halogens is 9. The Morgan fingerprint density at radius 1 is 0.909 bits per heavy atom. The average molecular weight is 371 g/mol. The van der Waals surface area contributed by atoms with Crippen molar-refractivity contribution in [1.29, 1.82) is 0 Å². The molecular formula is C7H6F9NO4S. The number of rotatable bonds is 7. The van der Waals surface area contributed by atoms with Crippen LogP contribution < -0.4 is 4.72 Å². The van der Waals surface area contributed by atoms with Gasteiger partial charge in [0.25, 0.3) is 10.0 Å². The molecule has 0 amide bonds. The van der Waals surface area contributed by atoms with Crippen LogP contribution in [-0.2, 0) is 14.8 Å². The van der Waals surface area contributed by atoms with E-state index < -0.39 is 52.2 Å². The van der Waals surface area contributed by atoms with Crippen LogP contribution in [0.5, 0.6) is 0 Å². The van der Waals surface area contributed by atoms with Gasteiger partial charge >= 0.3 is 29.2 Å². The summed E-state index contributed by atoms with van der Waals surface area (Å²) in [6.07, 6.45) is -8.37. The summed E-state index contributed by atoms with van der Waals surface area (Å²) in [5.74, 6) is -16.5. The minimum absolute atomic E-state index is 0.521. The minimum atomic E-state index is -7.36. The summed E-state index contributed by atoms with van der Waals surface area (Å²) in [5.41, 5.74) is 0. The van der Waals surface area contributed by atoms with Crippen molar-refractivity contribution in [3.05, 3.63) is 0 Å². The Balaban J connectivity index is 5.65. The van der Waals surface area contributed by atoms with Crippen molar-refractivity contribution in [2.45, 2.75) is 29.7 Å². The lowest BCUT2D eigenvalue weighted by Crippen LogP contribution is -2.65. The van der Waals surface area contributed by atoms with Crippen molar-refractivity contribution in [1.82, 2.24) is 4.72 Å². The molecule has 0 bridgehead atoms. The van der Waals surface area contributed by atoms with Gasteiger partial charge in [0, 0.05) is 6.54 Å². The van der Waals surface area contributed by atoms with Gasteiger partial charge in [0.05, 0.1) is 6.42 Å². The van der Waals surface area contributed by atoms with E-state index in [0.717, 1.165) is 0 Å². The van der Waals surface area contributed by atoms with Crippen LogP contribution in [0.3, 0.4) is 0 Å². The van der Waals surface area contributed by atoms with Crippen molar-refractivity contribution >= 4 is 16.0 Å². The van der Waals surface area contributed by atoms with Gasteiger partial charge in [-0.3, -0.25) is 4.79 Å². The molecule has 15 heteroatoms. The first-order valence-electron chi connectivity index (χ1n) is 4.83. The largest absolute Gasteiger partial charge is 0.481 e. The van der Waals surface area contributed by atoms with Crippen LogP contribution >= 0.6 is 0 Å². The number of hydrogen-bond donors (Lipinski definition) is 2. The molecule has 0 aromatic carbocycles. The van der Waals surface area contributed by atoms with Gasteiger partial charge in [-0.15, -0.1) is 0 Å². The maximum Gasteiger partial charge on any atom is 0.460 e. The van der Waals surface area contributed by atoms with Crippen molar-refractivity contribution in [3.63, 3.8) is 0 Å². The van der Waals surface area contributed by atoms with Crippen LogP contribution in [0.25, 0.3) is 0 Å². The van der Waals surface area contributed by atoms with Crippen LogP contribution in [0, 0.1) is 0 Å². The van der Waals surface area contributed by atoms with E-state index in [-0.39, 0.29) is 0 Å². The molecule has 5 nitrogen and oxygen atoms in total. The van der Waals surface area contributed by atoms with E-state index in [1.807, 2.05) is 0 Å². The molecule has 2 N–H and O–H groups in total. The van der Waals surface area contributed by atoms with E-state index in [4.69, 9.17) is 5.11 Å². The first kappa shape index (κ1) is 20.8. The molecule has 0 radical (unpaired) electrons. The fraction of sp³-hybridized carbons (Fsp3) is 0.857. The molecule has 0 aliphatic rings. The Labute approximate surface area is 116 Å². The SMILES string of the molecule is O=C(O)CCNS(=O)(=O)C(F)(F)C(F)(F)C(F)(F)C(F)(F)F. The molecule has 0 saturated carbocycles. The Bertz CT molecular complexity index is 527. The van der Waals surface area contributed by atoms with Gasteiger partial charge < -0.3 is 5.11 Å². The maximum atomic E-state index is 13.0. The van der Waals surface area contributed by atoms with E-state index in [1.54, 1.807) is 0 Å². The molecule has 0 aromatic heterocycles. The molecule has 0 aliphatic carbocycles. The molecule has 22 heavy (non-hydrogen) atoms. The molecule has 0 fully saturated rings. The number of sulfonamides is 1. The highest BCUT2D eigenvalue weighted by atomic mass is 32.2. The predicted octanol–water partition coefficient (Wildman–Crippen LogP) is 1.81. The second-order valence-corrected chi connectivity index (χ2v) is 5.51. The van der Waals surface area contributed by atoms with Crippen LogP contribution in [-0.4, -0.2) is 49.3 Å².